The van der Waals surface area contributed by atoms with Gasteiger partial charge in [-0.2, -0.15) is 0 Å². The van der Waals surface area contributed by atoms with E-state index >= 15 is 0 Å². The summed E-state index contributed by atoms with van der Waals surface area (Å²) >= 11 is 5.82. The Morgan fingerprint density at radius 1 is 1.24 bits per heavy atom. The number of aromatic nitrogens is 1. The Hall–Kier alpha value is -3.43. The van der Waals surface area contributed by atoms with Crippen LogP contribution < -0.4 is 10.2 Å². The van der Waals surface area contributed by atoms with Gasteiger partial charge in [-0.1, -0.05) is 11.6 Å². The van der Waals surface area contributed by atoms with Crippen LogP contribution in [-0.4, -0.2) is 59.0 Å². The van der Waals surface area contributed by atoms with E-state index in [4.69, 9.17) is 11.6 Å². The lowest BCUT2D eigenvalue weighted by Crippen LogP contribution is -2.52. The fourth-order valence-corrected chi connectivity index (χ4v) is 4.09. The number of H-pyrrole nitrogens is 1. The molecule has 0 radical (unpaired) electrons. The summed E-state index contributed by atoms with van der Waals surface area (Å²) in [7, 11) is 3.30. The fourth-order valence-electron chi connectivity index (χ4n) is 3.85. The molecule has 8 nitrogen and oxygen atoms in total. The second-order valence-electron chi connectivity index (χ2n) is 8.18. The number of amides is 3. The summed E-state index contributed by atoms with van der Waals surface area (Å²) in [5.74, 6) is -2.35. The normalized spacial score (nSPS) is 18.1. The molecular weight excluding hydrogens is 451 g/mol. The highest BCUT2D eigenvalue weighted by Gasteiger charge is 2.51. The molecule has 0 bridgehead atoms. The fraction of sp³-hybridized carbons (Fsp3) is 0.261. The number of halogens is 2. The quantitative estimate of drug-likeness (QED) is 0.496. The lowest BCUT2D eigenvalue weighted by Gasteiger charge is -2.22. The van der Waals surface area contributed by atoms with Crippen LogP contribution in [0.15, 0.2) is 42.5 Å². The second kappa shape index (κ2) is 8.49. The summed E-state index contributed by atoms with van der Waals surface area (Å²) in [5.41, 5.74) is -0.210. The third-order valence-electron chi connectivity index (χ3n) is 5.60. The largest absolute Gasteiger partial charge is 0.372 e. The molecule has 0 unspecified atom stereocenters. The summed E-state index contributed by atoms with van der Waals surface area (Å²) in [6.07, 6.45) is -0.100. The number of anilines is 1. The Kier molecular flexibility index (Phi) is 5.85. The number of benzene rings is 2. The van der Waals surface area contributed by atoms with Crippen molar-refractivity contribution < 1.29 is 23.9 Å². The Balaban J connectivity index is 1.50. The molecule has 3 N–H and O–H groups in total. The van der Waals surface area contributed by atoms with Gasteiger partial charge in [-0.05, 0) is 48.0 Å². The van der Waals surface area contributed by atoms with Gasteiger partial charge in [-0.25, -0.2) is 4.39 Å². The maximum atomic E-state index is 13.5. The maximum absolute atomic E-state index is 13.5. The molecule has 1 aliphatic rings. The molecule has 172 valence electrons. The zero-order valence-electron chi connectivity index (χ0n) is 18.0. The number of hydrogen-bond acceptors (Lipinski definition) is 4. The van der Waals surface area contributed by atoms with Gasteiger partial charge in [0.2, 0.25) is 5.60 Å². The van der Waals surface area contributed by atoms with Gasteiger partial charge in [0.05, 0.1) is 0 Å². The van der Waals surface area contributed by atoms with E-state index in [-0.39, 0.29) is 30.4 Å². The van der Waals surface area contributed by atoms with Gasteiger partial charge < -0.3 is 25.2 Å². The number of hydrogen-bond donors (Lipinski definition) is 3. The van der Waals surface area contributed by atoms with Crippen molar-refractivity contribution in [3.8, 4) is 0 Å². The molecule has 1 saturated heterocycles. The number of carbonyl (C=O) groups excluding carboxylic acids is 3. The van der Waals surface area contributed by atoms with Gasteiger partial charge in [-0.15, -0.1) is 0 Å². The molecule has 3 aromatic rings. The van der Waals surface area contributed by atoms with E-state index in [1.807, 2.05) is 0 Å². The van der Waals surface area contributed by atoms with Gasteiger partial charge in [0.15, 0.2) is 0 Å². The van der Waals surface area contributed by atoms with Gasteiger partial charge in [0.1, 0.15) is 11.5 Å². The van der Waals surface area contributed by atoms with Crippen molar-refractivity contribution in [2.24, 2.45) is 0 Å². The zero-order chi connectivity index (χ0) is 23.9. The molecule has 2 aromatic carbocycles. The number of carbonyl (C=O) groups is 3. The first-order valence-corrected chi connectivity index (χ1v) is 10.6. The highest BCUT2D eigenvalue weighted by atomic mass is 35.5. The van der Waals surface area contributed by atoms with Crippen LogP contribution in [0, 0.1) is 5.82 Å². The maximum Gasteiger partial charge on any atom is 0.269 e. The van der Waals surface area contributed by atoms with Crippen LogP contribution in [-0.2, 0) is 16.1 Å². The first-order chi connectivity index (χ1) is 15.6. The summed E-state index contributed by atoms with van der Waals surface area (Å²) in [4.78, 5) is 43.7. The van der Waals surface area contributed by atoms with Gasteiger partial charge in [-0.3, -0.25) is 14.4 Å². The number of nitrogens with one attached hydrogen (secondary N) is 2. The van der Waals surface area contributed by atoms with Crippen LogP contribution in [0.3, 0.4) is 0 Å². The van der Waals surface area contributed by atoms with E-state index in [0.29, 0.717) is 22.3 Å². The Labute approximate surface area is 193 Å². The summed E-state index contributed by atoms with van der Waals surface area (Å²) in [6.45, 7) is 0.0395. The predicted octanol–water partition coefficient (Wildman–Crippen LogP) is 2.45. The molecule has 0 aliphatic carbocycles. The van der Waals surface area contributed by atoms with E-state index in [9.17, 15) is 23.9 Å². The summed E-state index contributed by atoms with van der Waals surface area (Å²) in [5, 5.41) is 14.2. The first kappa shape index (κ1) is 22.8. The minimum absolute atomic E-state index is 0.0934. The third kappa shape index (κ3) is 4.29. The lowest BCUT2D eigenvalue weighted by molar-refractivity contribution is -0.149. The smallest absolute Gasteiger partial charge is 0.269 e. The van der Waals surface area contributed by atoms with E-state index in [1.165, 1.54) is 21.9 Å². The van der Waals surface area contributed by atoms with E-state index in [2.05, 4.69) is 10.3 Å². The number of fused-ring (bicyclic) bond motifs is 1. The molecule has 0 saturated carbocycles. The highest BCUT2D eigenvalue weighted by molar-refractivity contribution is 6.30. The predicted molar refractivity (Wildman–Crippen MR) is 121 cm³/mol. The zero-order valence-corrected chi connectivity index (χ0v) is 18.7. The topological polar surface area (TPSA) is 106 Å². The minimum atomic E-state index is -2.24. The minimum Gasteiger partial charge on any atom is -0.372 e. The molecule has 1 aliphatic heterocycles. The van der Waals surface area contributed by atoms with E-state index in [1.54, 1.807) is 38.4 Å². The van der Waals surface area contributed by atoms with Crippen LogP contribution in [0.4, 0.5) is 10.1 Å². The lowest BCUT2D eigenvalue weighted by atomic mass is 10.0. The van der Waals surface area contributed by atoms with Crippen LogP contribution in [0.5, 0.6) is 0 Å². The van der Waals surface area contributed by atoms with Crippen molar-refractivity contribution in [3.05, 3.63) is 64.6 Å². The van der Waals surface area contributed by atoms with Crippen molar-refractivity contribution in [1.82, 2.24) is 15.2 Å². The Bertz CT molecular complexity index is 1250. The molecule has 4 rings (SSSR count). The molecule has 10 heteroatoms. The molecule has 33 heavy (non-hydrogen) atoms. The summed E-state index contributed by atoms with van der Waals surface area (Å²) in [6, 6.07) is 10.6. The molecule has 1 atom stereocenters. The highest BCUT2D eigenvalue weighted by Crippen LogP contribution is 2.31. The van der Waals surface area contributed by atoms with Gasteiger partial charge in [0.25, 0.3) is 17.7 Å². The molecular formula is C23H22ClFN4O4. The standard InChI is InChI=1S/C23H22ClFN4O4/c1-28(2)20(30)19-10-14-9-17(3-4-18(14)27-19)29-6-5-23(33,22(29)32)21(31)26-12-13-7-15(24)11-16(25)8-13/h3-4,7-11,27,33H,5-6,12H2,1-2H3,(H,26,31)/t23-/m0/s1. The monoisotopic (exact) mass is 472 g/mol. The average Bonchev–Trinajstić information content (AvgIpc) is 3.32. The van der Waals surface area contributed by atoms with Crippen LogP contribution in [0.1, 0.15) is 22.5 Å². The molecule has 1 aromatic heterocycles. The number of aromatic amines is 1. The first-order valence-electron chi connectivity index (χ1n) is 10.2. The SMILES string of the molecule is CN(C)C(=O)c1cc2cc(N3CC[C@](O)(C(=O)NCc4cc(F)cc(Cl)c4)C3=O)ccc2[nH]1. The van der Waals surface area contributed by atoms with Crippen LogP contribution in [0.2, 0.25) is 5.02 Å². The van der Waals surface area contributed by atoms with Gasteiger partial charge >= 0.3 is 0 Å². The second-order valence-corrected chi connectivity index (χ2v) is 8.62. The van der Waals surface area contributed by atoms with Crippen LogP contribution >= 0.6 is 11.6 Å². The number of rotatable bonds is 5. The van der Waals surface area contributed by atoms with Crippen molar-refractivity contribution in [2.75, 3.05) is 25.5 Å². The Morgan fingerprint density at radius 2 is 2.00 bits per heavy atom. The molecule has 1 fully saturated rings. The third-order valence-corrected chi connectivity index (χ3v) is 5.82. The van der Waals surface area contributed by atoms with Crippen molar-refractivity contribution in [2.45, 2.75) is 18.6 Å². The molecule has 2 heterocycles. The van der Waals surface area contributed by atoms with E-state index < -0.39 is 23.2 Å². The van der Waals surface area contributed by atoms with Crippen molar-refractivity contribution >= 4 is 45.9 Å². The molecule has 3 amide bonds. The molecule has 0 spiro atoms. The van der Waals surface area contributed by atoms with Gasteiger partial charge in [0, 0.05) is 55.2 Å². The number of aliphatic hydroxyl groups is 1. The number of nitrogens with zero attached hydrogens (tertiary/aromatic N) is 2. The van der Waals surface area contributed by atoms with E-state index in [0.717, 1.165) is 11.6 Å². The summed E-state index contributed by atoms with van der Waals surface area (Å²) < 4.78 is 13.5. The van der Waals surface area contributed by atoms with Crippen molar-refractivity contribution in [1.29, 1.82) is 0 Å². The van der Waals surface area contributed by atoms with Crippen LogP contribution in [0.25, 0.3) is 10.9 Å². The average molecular weight is 473 g/mol. The Morgan fingerprint density at radius 3 is 2.70 bits per heavy atom. The van der Waals surface area contributed by atoms with Crippen molar-refractivity contribution in [3.63, 3.8) is 0 Å².